The summed E-state index contributed by atoms with van der Waals surface area (Å²) in [5, 5.41) is 5.55. The first-order valence-electron chi connectivity index (χ1n) is 6.65. The van der Waals surface area contributed by atoms with Crippen molar-refractivity contribution < 1.29 is 0 Å². The van der Waals surface area contributed by atoms with Crippen molar-refractivity contribution in [3.63, 3.8) is 0 Å². The minimum atomic E-state index is 0.781. The maximum atomic E-state index is 6.00. The number of anilines is 2. The first kappa shape index (κ1) is 12.5. The first-order valence-corrected chi connectivity index (χ1v) is 6.65. The third-order valence-electron chi connectivity index (χ3n) is 3.42. The van der Waals surface area contributed by atoms with Crippen LogP contribution in [0.15, 0.2) is 54.9 Å². The highest BCUT2D eigenvalue weighted by atomic mass is 14.9. The molecule has 0 saturated carbocycles. The smallest absolute Gasteiger partial charge is 0.0439 e. The van der Waals surface area contributed by atoms with Crippen molar-refractivity contribution in [1.29, 1.82) is 0 Å². The van der Waals surface area contributed by atoms with Crippen LogP contribution in [0.5, 0.6) is 0 Å². The Balaban J connectivity index is 1.90. The third kappa shape index (κ3) is 2.43. The Bertz CT molecular complexity index is 750. The zero-order chi connectivity index (χ0) is 13.9. The molecule has 0 spiro atoms. The van der Waals surface area contributed by atoms with Crippen molar-refractivity contribution in [2.75, 3.05) is 11.1 Å². The molecular weight excluding hydrogens is 246 g/mol. The van der Waals surface area contributed by atoms with E-state index < -0.39 is 0 Å². The number of hydrogen-bond donors (Lipinski definition) is 2. The number of rotatable bonds is 3. The Labute approximate surface area is 118 Å². The topological polar surface area (TPSA) is 50.9 Å². The highest BCUT2D eigenvalue weighted by Crippen LogP contribution is 2.27. The lowest BCUT2D eigenvalue weighted by Crippen LogP contribution is -2.01. The van der Waals surface area contributed by atoms with E-state index in [4.69, 9.17) is 5.73 Å². The standard InChI is InChI=1S/C17H17N3/c1-12-3-2-4-13(9-12)10-20-17-6-5-16(18)14-7-8-19-11-15(14)17/h2-9,11,20H,10,18H2,1H3. The molecule has 0 radical (unpaired) electrons. The fourth-order valence-electron chi connectivity index (χ4n) is 2.39. The average Bonchev–Trinajstić information content (AvgIpc) is 2.47. The molecule has 3 nitrogen and oxygen atoms in total. The maximum absolute atomic E-state index is 6.00. The van der Waals surface area contributed by atoms with Crippen LogP contribution in [0.2, 0.25) is 0 Å². The molecule has 20 heavy (non-hydrogen) atoms. The summed E-state index contributed by atoms with van der Waals surface area (Å²) in [7, 11) is 0. The molecule has 0 fully saturated rings. The summed E-state index contributed by atoms with van der Waals surface area (Å²) in [4.78, 5) is 4.19. The van der Waals surface area contributed by atoms with Crippen LogP contribution in [0.3, 0.4) is 0 Å². The number of benzene rings is 2. The van der Waals surface area contributed by atoms with Crippen LogP contribution in [-0.2, 0) is 6.54 Å². The Hall–Kier alpha value is -2.55. The van der Waals surface area contributed by atoms with Gasteiger partial charge in [0.2, 0.25) is 0 Å². The van der Waals surface area contributed by atoms with Crippen molar-refractivity contribution in [3.8, 4) is 0 Å². The highest BCUT2D eigenvalue weighted by molar-refractivity contribution is 6.00. The molecular formula is C17H17N3. The van der Waals surface area contributed by atoms with Gasteiger partial charge < -0.3 is 11.1 Å². The summed E-state index contributed by atoms with van der Waals surface area (Å²) in [6.45, 7) is 2.89. The van der Waals surface area contributed by atoms with Crippen LogP contribution in [0.1, 0.15) is 11.1 Å². The zero-order valence-corrected chi connectivity index (χ0v) is 11.4. The van der Waals surface area contributed by atoms with Gasteiger partial charge in [-0.1, -0.05) is 29.8 Å². The number of nitrogens with two attached hydrogens (primary N) is 1. The maximum Gasteiger partial charge on any atom is 0.0439 e. The van der Waals surface area contributed by atoms with Crippen molar-refractivity contribution in [3.05, 3.63) is 66.0 Å². The SMILES string of the molecule is Cc1cccc(CNc2ccc(N)c3ccncc23)c1. The molecule has 0 saturated heterocycles. The predicted molar refractivity (Wildman–Crippen MR) is 84.7 cm³/mol. The second-order valence-electron chi connectivity index (χ2n) is 4.97. The Kier molecular flexibility index (Phi) is 3.25. The molecule has 1 heterocycles. The molecule has 1 aromatic heterocycles. The van der Waals surface area contributed by atoms with Crippen LogP contribution >= 0.6 is 0 Å². The summed E-state index contributed by atoms with van der Waals surface area (Å²) in [5.74, 6) is 0. The van der Waals surface area contributed by atoms with E-state index in [1.54, 1.807) is 6.20 Å². The van der Waals surface area contributed by atoms with Gasteiger partial charge in [-0.2, -0.15) is 0 Å². The predicted octanol–water partition coefficient (Wildman–Crippen LogP) is 3.74. The highest BCUT2D eigenvalue weighted by Gasteiger charge is 2.04. The molecule has 100 valence electrons. The van der Waals surface area contributed by atoms with E-state index >= 15 is 0 Å². The largest absolute Gasteiger partial charge is 0.398 e. The molecule has 0 aliphatic rings. The van der Waals surface area contributed by atoms with E-state index in [9.17, 15) is 0 Å². The molecule has 0 unspecified atom stereocenters. The van der Waals surface area contributed by atoms with Crippen molar-refractivity contribution in [2.24, 2.45) is 0 Å². The zero-order valence-electron chi connectivity index (χ0n) is 11.4. The molecule has 0 aliphatic carbocycles. The van der Waals surface area contributed by atoms with Crippen molar-refractivity contribution >= 4 is 22.1 Å². The lowest BCUT2D eigenvalue weighted by Gasteiger charge is -2.11. The number of hydrogen-bond acceptors (Lipinski definition) is 3. The third-order valence-corrected chi connectivity index (χ3v) is 3.42. The second kappa shape index (κ2) is 5.21. The number of nitrogen functional groups attached to an aromatic ring is 1. The van der Waals surface area contributed by atoms with E-state index in [0.717, 1.165) is 28.7 Å². The lowest BCUT2D eigenvalue weighted by atomic mass is 10.1. The normalized spacial score (nSPS) is 10.7. The van der Waals surface area contributed by atoms with Gasteiger partial charge in [-0.15, -0.1) is 0 Å². The van der Waals surface area contributed by atoms with Gasteiger partial charge in [-0.05, 0) is 30.7 Å². The Morgan fingerprint density at radius 1 is 1.10 bits per heavy atom. The fraction of sp³-hybridized carbons (Fsp3) is 0.118. The van der Waals surface area contributed by atoms with Gasteiger partial charge in [0.1, 0.15) is 0 Å². The van der Waals surface area contributed by atoms with Gasteiger partial charge in [0, 0.05) is 41.1 Å². The molecule has 0 aliphatic heterocycles. The number of aromatic nitrogens is 1. The summed E-state index contributed by atoms with van der Waals surface area (Å²) < 4.78 is 0. The van der Waals surface area contributed by atoms with E-state index in [-0.39, 0.29) is 0 Å². The molecule has 0 bridgehead atoms. The quantitative estimate of drug-likeness (QED) is 0.708. The fourth-order valence-corrected chi connectivity index (χ4v) is 2.39. The summed E-state index contributed by atoms with van der Waals surface area (Å²) >= 11 is 0. The van der Waals surface area contributed by atoms with Crippen molar-refractivity contribution in [2.45, 2.75) is 13.5 Å². The number of pyridine rings is 1. The van der Waals surface area contributed by atoms with Crippen LogP contribution in [-0.4, -0.2) is 4.98 Å². The summed E-state index contributed by atoms with van der Waals surface area (Å²) in [6.07, 6.45) is 3.62. The monoisotopic (exact) mass is 263 g/mol. The van der Waals surface area contributed by atoms with E-state index in [1.165, 1.54) is 11.1 Å². The van der Waals surface area contributed by atoms with Gasteiger partial charge >= 0.3 is 0 Å². The number of nitrogens with zero attached hydrogens (tertiary/aromatic N) is 1. The first-order chi connectivity index (χ1) is 9.74. The van der Waals surface area contributed by atoms with Gasteiger partial charge in [-0.3, -0.25) is 4.98 Å². The molecule has 0 atom stereocenters. The van der Waals surface area contributed by atoms with E-state index in [1.807, 2.05) is 24.4 Å². The van der Waals surface area contributed by atoms with E-state index in [2.05, 4.69) is 41.5 Å². The van der Waals surface area contributed by atoms with Gasteiger partial charge in [0.05, 0.1) is 0 Å². The minimum absolute atomic E-state index is 0.781. The molecule has 3 aromatic rings. The second-order valence-corrected chi connectivity index (χ2v) is 4.97. The Morgan fingerprint density at radius 2 is 2.00 bits per heavy atom. The van der Waals surface area contributed by atoms with Crippen molar-refractivity contribution in [1.82, 2.24) is 4.98 Å². The number of aryl methyl sites for hydroxylation is 1. The number of fused-ring (bicyclic) bond motifs is 1. The summed E-state index contributed by atoms with van der Waals surface area (Å²) in [6, 6.07) is 14.4. The number of nitrogens with one attached hydrogen (secondary N) is 1. The molecule has 3 N–H and O–H groups in total. The van der Waals surface area contributed by atoms with Crippen LogP contribution < -0.4 is 11.1 Å². The van der Waals surface area contributed by atoms with Gasteiger partial charge in [0.15, 0.2) is 0 Å². The van der Waals surface area contributed by atoms with Gasteiger partial charge in [0.25, 0.3) is 0 Å². The van der Waals surface area contributed by atoms with Crippen LogP contribution in [0, 0.1) is 6.92 Å². The molecule has 3 heteroatoms. The average molecular weight is 263 g/mol. The Morgan fingerprint density at radius 3 is 2.85 bits per heavy atom. The molecule has 2 aromatic carbocycles. The van der Waals surface area contributed by atoms with Gasteiger partial charge in [-0.25, -0.2) is 0 Å². The summed E-state index contributed by atoms with van der Waals surface area (Å²) in [5.41, 5.74) is 10.4. The molecule has 0 amide bonds. The lowest BCUT2D eigenvalue weighted by molar-refractivity contribution is 1.14. The van der Waals surface area contributed by atoms with Crippen LogP contribution in [0.4, 0.5) is 11.4 Å². The minimum Gasteiger partial charge on any atom is -0.398 e. The molecule has 3 rings (SSSR count). The van der Waals surface area contributed by atoms with Crippen LogP contribution in [0.25, 0.3) is 10.8 Å². The van der Waals surface area contributed by atoms with E-state index in [0.29, 0.717) is 0 Å².